The van der Waals surface area contributed by atoms with E-state index in [0.717, 1.165) is 12.8 Å². The van der Waals surface area contributed by atoms with Gasteiger partial charge < -0.3 is 4.74 Å². The number of hydrogen-bond donors (Lipinski definition) is 1. The number of benzene rings is 1. The van der Waals surface area contributed by atoms with Crippen molar-refractivity contribution in [2.45, 2.75) is 19.8 Å². The largest absolute Gasteiger partial charge is 0.478 e. The van der Waals surface area contributed by atoms with Crippen LogP contribution < -0.4 is 10.2 Å². The van der Waals surface area contributed by atoms with Gasteiger partial charge in [0.1, 0.15) is 12.9 Å². The van der Waals surface area contributed by atoms with Crippen molar-refractivity contribution < 1.29 is 9.57 Å². The molecule has 0 saturated heterocycles. The maximum atomic E-state index is 6.05. The average Bonchev–Trinajstić information content (AvgIpc) is 2.42. The lowest BCUT2D eigenvalue weighted by molar-refractivity contribution is 0.0860. The summed E-state index contributed by atoms with van der Waals surface area (Å²) in [6, 6.07) is 3.26. The fraction of sp³-hybridized carbons (Fsp3) is 0.357. The topological polar surface area (TPSA) is 42.8 Å². The SMILES string of the molecule is C#CCOc1c(Cl)cc(N=CNOCCCC)cc1Cl. The van der Waals surface area contributed by atoms with E-state index in [1.54, 1.807) is 12.1 Å². The summed E-state index contributed by atoms with van der Waals surface area (Å²) in [5.74, 6) is 2.71. The van der Waals surface area contributed by atoms with E-state index in [9.17, 15) is 0 Å². The first-order valence-electron chi connectivity index (χ1n) is 6.14. The Balaban J connectivity index is 2.60. The molecule has 1 rings (SSSR count). The zero-order valence-electron chi connectivity index (χ0n) is 11.2. The van der Waals surface area contributed by atoms with Crippen molar-refractivity contribution in [1.82, 2.24) is 5.48 Å². The van der Waals surface area contributed by atoms with E-state index in [1.807, 2.05) is 0 Å². The van der Waals surface area contributed by atoms with Gasteiger partial charge in [-0.1, -0.05) is 42.5 Å². The van der Waals surface area contributed by atoms with Crippen molar-refractivity contribution >= 4 is 35.2 Å². The number of unbranched alkanes of at least 4 members (excludes halogenated alkanes) is 1. The molecule has 0 aliphatic rings. The summed E-state index contributed by atoms with van der Waals surface area (Å²) in [7, 11) is 0. The van der Waals surface area contributed by atoms with Crippen LogP contribution in [-0.4, -0.2) is 19.6 Å². The van der Waals surface area contributed by atoms with Crippen LogP contribution in [0.3, 0.4) is 0 Å². The Labute approximate surface area is 129 Å². The zero-order chi connectivity index (χ0) is 14.8. The molecule has 1 aromatic rings. The van der Waals surface area contributed by atoms with Gasteiger partial charge in [0.05, 0.1) is 22.3 Å². The van der Waals surface area contributed by atoms with Crippen LogP contribution in [-0.2, 0) is 4.84 Å². The molecule has 0 aliphatic carbocycles. The quantitative estimate of drug-likeness (QED) is 0.259. The number of hydrogen-bond acceptors (Lipinski definition) is 3. The molecule has 108 valence electrons. The Kier molecular flexibility index (Phi) is 7.89. The number of rotatable bonds is 8. The molecule has 4 nitrogen and oxygen atoms in total. The maximum Gasteiger partial charge on any atom is 0.158 e. The molecule has 0 heterocycles. The Bertz CT molecular complexity index is 475. The number of terminal acetylenes is 1. The summed E-state index contributed by atoms with van der Waals surface area (Å²) < 4.78 is 5.25. The first kappa shape index (κ1) is 16.6. The van der Waals surface area contributed by atoms with Gasteiger partial charge in [-0.3, -0.25) is 10.3 Å². The number of halogens is 2. The second kappa shape index (κ2) is 9.49. The number of nitrogens with one attached hydrogen (secondary N) is 1. The molecule has 0 fully saturated rings. The summed E-state index contributed by atoms with van der Waals surface area (Å²) in [6.45, 7) is 2.82. The Morgan fingerprint density at radius 3 is 2.70 bits per heavy atom. The summed E-state index contributed by atoms with van der Waals surface area (Å²) >= 11 is 12.1. The molecule has 0 spiro atoms. The number of nitrogens with zero attached hydrogens (tertiary/aromatic N) is 1. The van der Waals surface area contributed by atoms with Gasteiger partial charge in [-0.05, 0) is 18.6 Å². The van der Waals surface area contributed by atoms with E-state index in [4.69, 9.17) is 39.2 Å². The fourth-order valence-corrected chi connectivity index (χ4v) is 1.87. The normalized spacial score (nSPS) is 10.5. The van der Waals surface area contributed by atoms with E-state index in [1.165, 1.54) is 6.34 Å². The molecule has 0 radical (unpaired) electrons. The third-order valence-corrected chi connectivity index (χ3v) is 2.79. The fourth-order valence-electron chi connectivity index (χ4n) is 1.29. The van der Waals surface area contributed by atoms with Gasteiger partial charge in [0, 0.05) is 0 Å². The van der Waals surface area contributed by atoms with Gasteiger partial charge in [-0.2, -0.15) is 0 Å². The third-order valence-electron chi connectivity index (χ3n) is 2.23. The highest BCUT2D eigenvalue weighted by atomic mass is 35.5. The van der Waals surface area contributed by atoms with Crippen LogP contribution in [0.15, 0.2) is 17.1 Å². The van der Waals surface area contributed by atoms with Crippen molar-refractivity contribution in [2.75, 3.05) is 13.2 Å². The first-order valence-corrected chi connectivity index (χ1v) is 6.89. The second-order valence-electron chi connectivity index (χ2n) is 3.81. The molecule has 0 saturated carbocycles. The highest BCUT2D eigenvalue weighted by Crippen LogP contribution is 2.36. The van der Waals surface area contributed by atoms with Crippen LogP contribution in [0.4, 0.5) is 5.69 Å². The summed E-state index contributed by atoms with van der Waals surface area (Å²) in [5, 5.41) is 0.707. The lowest BCUT2D eigenvalue weighted by atomic mass is 10.3. The first-order chi connectivity index (χ1) is 9.69. The predicted octanol–water partition coefficient (Wildman–Crippen LogP) is 3.99. The lowest BCUT2D eigenvalue weighted by Gasteiger charge is -2.08. The van der Waals surface area contributed by atoms with E-state index >= 15 is 0 Å². The summed E-state index contributed by atoms with van der Waals surface area (Å²) in [4.78, 5) is 9.24. The predicted molar refractivity (Wildman–Crippen MR) is 82.9 cm³/mol. The molecular weight excluding hydrogens is 299 g/mol. The van der Waals surface area contributed by atoms with Gasteiger partial charge in [-0.25, -0.2) is 4.99 Å². The average molecular weight is 315 g/mol. The molecule has 0 atom stereocenters. The van der Waals surface area contributed by atoms with Crippen molar-refractivity contribution in [3.8, 4) is 18.1 Å². The van der Waals surface area contributed by atoms with Gasteiger partial charge in [-0.15, -0.1) is 6.42 Å². The van der Waals surface area contributed by atoms with Crippen LogP contribution >= 0.6 is 23.2 Å². The van der Waals surface area contributed by atoms with E-state index in [0.29, 0.717) is 28.1 Å². The van der Waals surface area contributed by atoms with Crippen LogP contribution in [0.2, 0.25) is 10.0 Å². The monoisotopic (exact) mass is 314 g/mol. The molecule has 0 bridgehead atoms. The van der Waals surface area contributed by atoms with Crippen LogP contribution in [0.1, 0.15) is 19.8 Å². The minimum absolute atomic E-state index is 0.106. The minimum atomic E-state index is 0.106. The molecule has 1 aromatic carbocycles. The Hall–Kier alpha value is -1.41. The minimum Gasteiger partial charge on any atom is -0.478 e. The van der Waals surface area contributed by atoms with E-state index in [2.05, 4.69) is 23.3 Å². The van der Waals surface area contributed by atoms with Crippen LogP contribution in [0.25, 0.3) is 0 Å². The van der Waals surface area contributed by atoms with Gasteiger partial charge in [0.15, 0.2) is 5.75 Å². The highest BCUT2D eigenvalue weighted by Gasteiger charge is 2.08. The molecule has 20 heavy (non-hydrogen) atoms. The van der Waals surface area contributed by atoms with Crippen molar-refractivity contribution in [1.29, 1.82) is 0 Å². The van der Waals surface area contributed by atoms with Gasteiger partial charge in [0.2, 0.25) is 0 Å². The standard InChI is InChI=1S/C14H16Cl2N2O2/c1-3-5-7-20-18-10-17-11-8-12(15)14(13(16)9-11)19-6-4-2/h2,8-10H,3,5-7H2,1H3,(H,17,18). The number of ether oxygens (including phenoxy) is 1. The Morgan fingerprint density at radius 1 is 1.40 bits per heavy atom. The van der Waals surface area contributed by atoms with Gasteiger partial charge in [0.25, 0.3) is 0 Å². The third kappa shape index (κ3) is 5.70. The van der Waals surface area contributed by atoms with Crippen molar-refractivity contribution in [3.05, 3.63) is 22.2 Å². The smallest absolute Gasteiger partial charge is 0.158 e. The highest BCUT2D eigenvalue weighted by molar-refractivity contribution is 6.37. The molecule has 6 heteroatoms. The molecule has 0 unspecified atom stereocenters. The Morgan fingerprint density at radius 2 is 2.10 bits per heavy atom. The zero-order valence-corrected chi connectivity index (χ0v) is 12.7. The second-order valence-corrected chi connectivity index (χ2v) is 4.62. The van der Waals surface area contributed by atoms with E-state index in [-0.39, 0.29) is 6.61 Å². The van der Waals surface area contributed by atoms with Crippen molar-refractivity contribution in [2.24, 2.45) is 4.99 Å². The van der Waals surface area contributed by atoms with Crippen molar-refractivity contribution in [3.63, 3.8) is 0 Å². The summed E-state index contributed by atoms with van der Waals surface area (Å²) in [6.07, 6.45) is 8.60. The molecule has 0 aliphatic heterocycles. The van der Waals surface area contributed by atoms with Crippen LogP contribution in [0, 0.1) is 12.3 Å². The van der Waals surface area contributed by atoms with Crippen LogP contribution in [0.5, 0.6) is 5.75 Å². The molecule has 0 amide bonds. The summed E-state index contributed by atoms with van der Waals surface area (Å²) in [5.41, 5.74) is 3.20. The molecular formula is C14H16Cl2N2O2. The maximum absolute atomic E-state index is 6.05. The van der Waals surface area contributed by atoms with Gasteiger partial charge >= 0.3 is 0 Å². The van der Waals surface area contributed by atoms with E-state index < -0.39 is 0 Å². The molecule has 0 aromatic heterocycles. The number of hydroxylamine groups is 1. The number of aliphatic imine (C=N–C) groups is 1. The lowest BCUT2D eigenvalue weighted by Crippen LogP contribution is -2.12. The molecule has 1 N–H and O–H groups in total.